The number of ketones is 1. The number of likely N-dealkylation sites (N-methyl/N-ethyl adjacent to an activating group) is 1. The van der Waals surface area contributed by atoms with Crippen LogP contribution in [0.15, 0.2) is 29.0 Å². The van der Waals surface area contributed by atoms with Crippen LogP contribution >= 0.6 is 0 Å². The molecule has 0 radical (unpaired) electrons. The number of aliphatic imine (C=N–C) groups is 1. The Labute approximate surface area is 315 Å². The van der Waals surface area contributed by atoms with Crippen LogP contribution in [0, 0.1) is 17.8 Å². The molecule has 16 nitrogen and oxygen atoms in total. The molecule has 2 aliphatic carbocycles. The molecule has 2 saturated heterocycles. The van der Waals surface area contributed by atoms with Crippen LogP contribution in [0.25, 0.3) is 0 Å². The van der Waals surface area contributed by atoms with E-state index in [1.165, 1.54) is 25.2 Å². The van der Waals surface area contributed by atoms with Crippen molar-refractivity contribution < 1.29 is 42.9 Å². The number of amides is 3. The lowest BCUT2D eigenvalue weighted by Gasteiger charge is -2.56. The first-order valence-electron chi connectivity index (χ1n) is 18.8. The number of hydrogen-bond acceptors (Lipinski definition) is 11. The number of ether oxygens (including phenoxy) is 4. The molecule has 54 heavy (non-hydrogen) atoms. The van der Waals surface area contributed by atoms with Crippen molar-refractivity contribution in [3.05, 3.63) is 35.1 Å². The number of guanidine groups is 1. The molecule has 1 spiro atoms. The number of allylic oxidation sites excluding steroid dienone is 1. The molecule has 3 aliphatic heterocycles. The molecular formula is C38H53N7O9. The van der Waals surface area contributed by atoms with Crippen LogP contribution < -0.4 is 31.6 Å². The summed E-state index contributed by atoms with van der Waals surface area (Å²) in [4.78, 5) is 72.5. The van der Waals surface area contributed by atoms with Gasteiger partial charge >= 0.3 is 12.1 Å². The third-order valence-corrected chi connectivity index (χ3v) is 12.0. The summed E-state index contributed by atoms with van der Waals surface area (Å²) in [5.41, 5.74) is 12.9. The zero-order chi connectivity index (χ0) is 38.7. The number of carbonyl (C=O) groups excluding carboxylic acids is 5. The van der Waals surface area contributed by atoms with Gasteiger partial charge in [-0.1, -0.05) is 6.07 Å². The predicted octanol–water partition coefficient (Wildman–Crippen LogP) is 1.13. The SMILES string of the molecule is COC(=O)C1CCN(C(=O)OC2=CCC3[C@H]4Cc5ccc(OC)c6c5[C@@]3(CCN4C)C2O6)C(CNC(=O)[C@H](CCCN=C(N)N)CC(=O)CNC(C)=O)C1. The van der Waals surface area contributed by atoms with E-state index in [1.54, 1.807) is 12.0 Å². The minimum absolute atomic E-state index is 0.0106. The molecule has 5 aliphatic rings. The molecule has 294 valence electrons. The quantitative estimate of drug-likeness (QED) is 0.0911. The molecule has 0 saturated carbocycles. The van der Waals surface area contributed by atoms with Gasteiger partial charge < -0.3 is 50.8 Å². The number of carbonyl (C=O) groups is 5. The third-order valence-electron chi connectivity index (χ3n) is 12.0. The summed E-state index contributed by atoms with van der Waals surface area (Å²) < 4.78 is 23.8. The minimum Gasteiger partial charge on any atom is -0.493 e. The van der Waals surface area contributed by atoms with Crippen molar-refractivity contribution in [1.29, 1.82) is 0 Å². The largest absolute Gasteiger partial charge is 0.493 e. The number of Topliss-reactive ketones (excluding diaryl/α,β-unsaturated/α-hetero) is 1. The number of methoxy groups -OCH3 is 2. The molecule has 2 bridgehead atoms. The average molecular weight is 752 g/mol. The Morgan fingerprint density at radius 1 is 1.13 bits per heavy atom. The number of benzene rings is 1. The second kappa shape index (κ2) is 16.2. The Morgan fingerprint density at radius 2 is 1.93 bits per heavy atom. The van der Waals surface area contributed by atoms with Gasteiger partial charge in [-0.05, 0) is 82.2 Å². The lowest BCUT2D eigenvalue weighted by Crippen LogP contribution is -2.63. The number of rotatable bonds is 14. The molecule has 6 rings (SSSR count). The highest BCUT2D eigenvalue weighted by molar-refractivity contribution is 5.90. The molecule has 7 atom stereocenters. The van der Waals surface area contributed by atoms with Crippen LogP contribution in [-0.4, -0.2) is 118 Å². The second-order valence-corrected chi connectivity index (χ2v) is 15.1. The molecule has 1 aromatic rings. The molecule has 3 heterocycles. The van der Waals surface area contributed by atoms with Crippen LogP contribution in [0.4, 0.5) is 4.79 Å². The monoisotopic (exact) mass is 751 g/mol. The summed E-state index contributed by atoms with van der Waals surface area (Å²) in [5, 5.41) is 5.40. The fourth-order valence-corrected chi connectivity index (χ4v) is 9.39. The van der Waals surface area contributed by atoms with Gasteiger partial charge in [0.25, 0.3) is 0 Å². The maximum absolute atomic E-state index is 14.2. The molecule has 16 heteroatoms. The van der Waals surface area contributed by atoms with E-state index >= 15 is 0 Å². The highest BCUT2D eigenvalue weighted by atomic mass is 16.6. The Bertz CT molecular complexity index is 1710. The van der Waals surface area contributed by atoms with Gasteiger partial charge in [0.15, 0.2) is 29.3 Å². The fourth-order valence-electron chi connectivity index (χ4n) is 9.39. The molecule has 2 fully saturated rings. The van der Waals surface area contributed by atoms with Crippen LogP contribution in [-0.2, 0) is 40.5 Å². The predicted molar refractivity (Wildman–Crippen MR) is 196 cm³/mol. The summed E-state index contributed by atoms with van der Waals surface area (Å²) in [6.07, 6.45) is 4.60. The van der Waals surface area contributed by atoms with Gasteiger partial charge in [0, 0.05) is 55.9 Å². The molecule has 3 amide bonds. The van der Waals surface area contributed by atoms with Crippen molar-refractivity contribution in [2.45, 2.75) is 81.9 Å². The molecular weight excluding hydrogens is 698 g/mol. The van der Waals surface area contributed by atoms with E-state index in [2.05, 4.69) is 33.6 Å². The van der Waals surface area contributed by atoms with Crippen LogP contribution in [0.1, 0.15) is 63.0 Å². The number of likely N-dealkylation sites (tertiary alicyclic amines) is 2. The highest BCUT2D eigenvalue weighted by Crippen LogP contribution is 2.63. The van der Waals surface area contributed by atoms with Crippen molar-refractivity contribution in [1.82, 2.24) is 20.4 Å². The Morgan fingerprint density at radius 3 is 2.65 bits per heavy atom. The van der Waals surface area contributed by atoms with Crippen molar-refractivity contribution >= 4 is 35.6 Å². The van der Waals surface area contributed by atoms with E-state index in [9.17, 15) is 24.0 Å². The fraction of sp³-hybridized carbons (Fsp3) is 0.632. The molecule has 1 aromatic carbocycles. The van der Waals surface area contributed by atoms with E-state index in [-0.39, 0.29) is 68.0 Å². The number of hydrogen-bond donors (Lipinski definition) is 4. The minimum atomic E-state index is -0.739. The van der Waals surface area contributed by atoms with Crippen LogP contribution in [0.2, 0.25) is 0 Å². The summed E-state index contributed by atoms with van der Waals surface area (Å²) in [6.45, 7) is 2.48. The summed E-state index contributed by atoms with van der Waals surface area (Å²) in [6, 6.07) is 3.80. The Hall–Kier alpha value is -4.86. The first-order valence-corrected chi connectivity index (χ1v) is 18.8. The Kier molecular flexibility index (Phi) is 11.7. The lowest BCUT2D eigenvalue weighted by atomic mass is 9.53. The summed E-state index contributed by atoms with van der Waals surface area (Å²) >= 11 is 0. The first-order chi connectivity index (χ1) is 25.9. The molecule has 6 N–H and O–H groups in total. The van der Waals surface area contributed by atoms with E-state index < -0.39 is 42.0 Å². The van der Waals surface area contributed by atoms with Crippen LogP contribution in [0.5, 0.6) is 11.5 Å². The van der Waals surface area contributed by atoms with Gasteiger partial charge in [0.2, 0.25) is 11.8 Å². The van der Waals surface area contributed by atoms with Gasteiger partial charge in [-0.25, -0.2) is 4.79 Å². The van der Waals surface area contributed by atoms with E-state index in [0.717, 1.165) is 31.6 Å². The van der Waals surface area contributed by atoms with E-state index in [4.69, 9.17) is 30.4 Å². The second-order valence-electron chi connectivity index (χ2n) is 15.1. The average Bonchev–Trinajstić information content (AvgIpc) is 3.51. The highest BCUT2D eigenvalue weighted by Gasteiger charge is 2.65. The van der Waals surface area contributed by atoms with Gasteiger partial charge in [-0.15, -0.1) is 0 Å². The maximum atomic E-state index is 14.2. The maximum Gasteiger partial charge on any atom is 0.415 e. The zero-order valence-corrected chi connectivity index (χ0v) is 31.6. The zero-order valence-electron chi connectivity index (χ0n) is 31.6. The lowest BCUT2D eigenvalue weighted by molar-refractivity contribution is -0.147. The molecule has 0 aromatic heterocycles. The number of piperidine rings is 2. The van der Waals surface area contributed by atoms with Crippen molar-refractivity contribution in [2.24, 2.45) is 34.2 Å². The standard InChI is InChI=1S/C38H53N7O9/c1-21(46)42-20-26(47)17-23(6-5-13-41-36(39)40)34(48)43-19-25-16-24(35(49)52-4)11-14-45(25)37(50)53-30-10-8-27-28-18-22-7-9-29(51-3)32-31(22)38(27,33(30)54-32)12-15-44(28)2/h7,9-10,23-25,27-28,33H,5-6,8,11-20H2,1-4H3,(H,42,46)(H,43,48)(H4,39,40,41)/t23-,24?,25?,27?,28-,33?,38+/m1/s1. The van der Waals surface area contributed by atoms with Crippen LogP contribution in [0.3, 0.4) is 0 Å². The van der Waals surface area contributed by atoms with Gasteiger partial charge in [-0.2, -0.15) is 0 Å². The summed E-state index contributed by atoms with van der Waals surface area (Å²) in [5.74, 6) is -0.635. The number of nitrogens with one attached hydrogen (secondary N) is 2. The van der Waals surface area contributed by atoms with E-state index in [1.807, 2.05) is 12.1 Å². The Balaban J connectivity index is 1.19. The van der Waals surface area contributed by atoms with E-state index in [0.29, 0.717) is 36.8 Å². The molecule has 4 unspecified atom stereocenters. The van der Waals surface area contributed by atoms with Gasteiger partial charge in [0.1, 0.15) is 5.76 Å². The topological polar surface area (TPSA) is 217 Å². The first kappa shape index (κ1) is 38.9. The third kappa shape index (κ3) is 7.57. The normalized spacial score (nSPS) is 26.9. The number of nitrogens with two attached hydrogens (primary N) is 2. The van der Waals surface area contributed by atoms with Gasteiger partial charge in [-0.3, -0.25) is 24.2 Å². The smallest absolute Gasteiger partial charge is 0.415 e. The van der Waals surface area contributed by atoms with Crippen molar-refractivity contribution in [2.75, 3.05) is 54.0 Å². The number of nitrogens with zero attached hydrogens (tertiary/aromatic N) is 3. The van der Waals surface area contributed by atoms with Gasteiger partial charge in [0.05, 0.1) is 32.7 Å². The number of esters is 1. The summed E-state index contributed by atoms with van der Waals surface area (Å²) in [7, 11) is 5.13. The van der Waals surface area contributed by atoms with Crippen molar-refractivity contribution in [3.8, 4) is 11.5 Å². The van der Waals surface area contributed by atoms with Crippen molar-refractivity contribution in [3.63, 3.8) is 0 Å².